The maximum atomic E-state index is 12.1. The van der Waals surface area contributed by atoms with Gasteiger partial charge in [0.25, 0.3) is 0 Å². The Balaban J connectivity index is 5.22. The van der Waals surface area contributed by atoms with Crippen molar-refractivity contribution < 1.29 is 19.4 Å². The molecule has 0 aromatic heterocycles. The van der Waals surface area contributed by atoms with Gasteiger partial charge < -0.3 is 10.00 Å². The average Bonchev–Trinajstić information content (AvgIpc) is 2.10. The summed E-state index contributed by atoms with van der Waals surface area (Å²) in [4.78, 5) is 21.0. The Labute approximate surface area is 107 Å². The Morgan fingerprint density at radius 1 is 1.41 bits per heavy atom. The molecule has 1 unspecified atom stereocenters. The number of hydrogen-bond acceptors (Lipinski definition) is 2. The number of allylic oxidation sites excluding steroid dienone is 1. The first kappa shape index (κ1) is 16.7. The van der Waals surface area contributed by atoms with E-state index in [-0.39, 0.29) is 17.4 Å². The Bertz CT molecular complexity index is 349. The van der Waals surface area contributed by atoms with Crippen molar-refractivity contribution in [2.45, 2.75) is 33.6 Å². The van der Waals surface area contributed by atoms with Gasteiger partial charge in [-0.05, 0) is 25.7 Å². The number of rotatable bonds is 7. The second-order valence-corrected chi connectivity index (χ2v) is 7.10. The molecular weight excluding hydrogens is 263 g/mol. The lowest BCUT2D eigenvalue weighted by Crippen LogP contribution is -2.09. The Morgan fingerprint density at radius 3 is 2.29 bits per heavy atom. The van der Waals surface area contributed by atoms with Crippen LogP contribution < -0.4 is 0 Å². The van der Waals surface area contributed by atoms with E-state index in [0.717, 1.165) is 0 Å². The van der Waals surface area contributed by atoms with E-state index in [2.05, 4.69) is 0 Å². The molecule has 4 nitrogen and oxygen atoms in total. The Morgan fingerprint density at radius 2 is 1.94 bits per heavy atom. The van der Waals surface area contributed by atoms with Crippen LogP contribution in [-0.2, 0) is 9.36 Å². The SMILES string of the molecule is CC(CCCCl)=C(C(=O)O)P(=O)(O)CC(C)C. The molecule has 0 aromatic carbocycles. The van der Waals surface area contributed by atoms with Crippen LogP contribution in [0.15, 0.2) is 10.9 Å². The summed E-state index contributed by atoms with van der Waals surface area (Å²) in [5.74, 6) is -0.922. The maximum absolute atomic E-state index is 12.1. The van der Waals surface area contributed by atoms with Gasteiger partial charge in [-0.25, -0.2) is 4.79 Å². The number of hydrogen-bond donors (Lipinski definition) is 2. The molecule has 1 atom stereocenters. The lowest BCUT2D eigenvalue weighted by atomic mass is 10.1. The largest absolute Gasteiger partial charge is 0.477 e. The molecule has 0 radical (unpaired) electrons. The minimum absolute atomic E-state index is 0.00709. The minimum atomic E-state index is -3.77. The molecule has 0 fully saturated rings. The van der Waals surface area contributed by atoms with E-state index in [1.165, 1.54) is 0 Å². The maximum Gasteiger partial charge on any atom is 0.341 e. The molecule has 0 saturated carbocycles. The number of aliphatic carboxylic acids is 1. The van der Waals surface area contributed by atoms with Crippen molar-refractivity contribution in [1.29, 1.82) is 0 Å². The van der Waals surface area contributed by atoms with E-state index < -0.39 is 13.3 Å². The van der Waals surface area contributed by atoms with Crippen molar-refractivity contribution in [3.05, 3.63) is 10.9 Å². The van der Waals surface area contributed by atoms with Crippen molar-refractivity contribution in [3.63, 3.8) is 0 Å². The highest BCUT2D eigenvalue weighted by atomic mass is 35.5. The summed E-state index contributed by atoms with van der Waals surface area (Å²) in [5, 5.41) is 8.75. The van der Waals surface area contributed by atoms with Gasteiger partial charge in [-0.1, -0.05) is 19.4 Å². The van der Waals surface area contributed by atoms with Gasteiger partial charge in [0, 0.05) is 12.0 Å². The van der Waals surface area contributed by atoms with Gasteiger partial charge in [0.2, 0.25) is 7.37 Å². The third-order valence-electron chi connectivity index (χ3n) is 2.25. The Hall–Kier alpha value is -0.310. The van der Waals surface area contributed by atoms with E-state index in [1.54, 1.807) is 20.8 Å². The molecule has 100 valence electrons. The normalized spacial score (nSPS) is 16.6. The molecule has 0 spiro atoms. The van der Waals surface area contributed by atoms with Crippen LogP contribution in [0.5, 0.6) is 0 Å². The van der Waals surface area contributed by atoms with E-state index in [0.29, 0.717) is 24.3 Å². The number of carboxylic acids is 1. The van der Waals surface area contributed by atoms with Gasteiger partial charge >= 0.3 is 5.97 Å². The number of alkyl halides is 1. The van der Waals surface area contributed by atoms with Crippen molar-refractivity contribution >= 4 is 24.9 Å². The molecule has 2 N–H and O–H groups in total. The van der Waals surface area contributed by atoms with Crippen LogP contribution >= 0.6 is 19.0 Å². The van der Waals surface area contributed by atoms with Crippen LogP contribution in [0, 0.1) is 5.92 Å². The van der Waals surface area contributed by atoms with Crippen LogP contribution in [0.2, 0.25) is 0 Å². The van der Waals surface area contributed by atoms with E-state index in [4.69, 9.17) is 16.7 Å². The van der Waals surface area contributed by atoms with Gasteiger partial charge in [0.1, 0.15) is 5.31 Å². The highest BCUT2D eigenvalue weighted by Gasteiger charge is 2.32. The summed E-state index contributed by atoms with van der Waals surface area (Å²) >= 11 is 5.53. The predicted octanol–water partition coefficient (Wildman–Crippen LogP) is 3.29. The van der Waals surface area contributed by atoms with Gasteiger partial charge in [-0.15, -0.1) is 11.6 Å². The van der Waals surface area contributed by atoms with Crippen LogP contribution in [0.4, 0.5) is 0 Å². The molecule has 0 bridgehead atoms. The molecule has 0 aromatic rings. The minimum Gasteiger partial charge on any atom is -0.477 e. The highest BCUT2D eigenvalue weighted by molar-refractivity contribution is 7.63. The molecule has 0 aliphatic heterocycles. The van der Waals surface area contributed by atoms with Crippen LogP contribution in [0.1, 0.15) is 33.6 Å². The molecule has 0 heterocycles. The number of carbonyl (C=O) groups is 1. The molecule has 0 saturated heterocycles. The number of halogens is 1. The first-order chi connectivity index (χ1) is 7.72. The smallest absolute Gasteiger partial charge is 0.341 e. The lowest BCUT2D eigenvalue weighted by molar-refractivity contribution is -0.132. The zero-order valence-corrected chi connectivity index (χ0v) is 12.1. The van der Waals surface area contributed by atoms with Gasteiger partial charge in [0.15, 0.2) is 0 Å². The first-order valence-corrected chi connectivity index (χ1v) is 7.91. The predicted molar refractivity (Wildman–Crippen MR) is 69.8 cm³/mol. The topological polar surface area (TPSA) is 74.6 Å². The molecular formula is C11H20ClO4P. The van der Waals surface area contributed by atoms with Crippen LogP contribution in [0.25, 0.3) is 0 Å². The van der Waals surface area contributed by atoms with E-state index in [1.807, 2.05) is 0 Å². The average molecular weight is 283 g/mol. The van der Waals surface area contributed by atoms with Crippen LogP contribution in [0.3, 0.4) is 0 Å². The van der Waals surface area contributed by atoms with Crippen molar-refractivity contribution in [3.8, 4) is 0 Å². The summed E-state index contributed by atoms with van der Waals surface area (Å²) in [5.41, 5.74) is 0.449. The van der Waals surface area contributed by atoms with Gasteiger partial charge in [0.05, 0.1) is 0 Å². The van der Waals surface area contributed by atoms with Crippen molar-refractivity contribution in [2.24, 2.45) is 5.92 Å². The quantitative estimate of drug-likeness (QED) is 0.427. The van der Waals surface area contributed by atoms with Crippen molar-refractivity contribution in [2.75, 3.05) is 12.0 Å². The fourth-order valence-corrected chi connectivity index (χ4v) is 3.98. The second kappa shape index (κ2) is 7.20. The monoisotopic (exact) mass is 282 g/mol. The van der Waals surface area contributed by atoms with Crippen molar-refractivity contribution in [1.82, 2.24) is 0 Å². The summed E-state index contributed by atoms with van der Waals surface area (Å²) in [6.07, 6.45) is 1.03. The van der Waals surface area contributed by atoms with E-state index in [9.17, 15) is 14.3 Å². The van der Waals surface area contributed by atoms with Gasteiger partial charge in [-0.2, -0.15) is 0 Å². The zero-order valence-electron chi connectivity index (χ0n) is 10.4. The molecule has 6 heteroatoms. The third-order valence-corrected chi connectivity index (χ3v) is 5.02. The number of carboxylic acid groups (broad SMARTS) is 1. The molecule has 0 aliphatic rings. The molecule has 0 aliphatic carbocycles. The summed E-state index contributed by atoms with van der Waals surface area (Å²) < 4.78 is 12.1. The summed E-state index contributed by atoms with van der Waals surface area (Å²) in [6.45, 7) is 5.16. The highest BCUT2D eigenvalue weighted by Crippen LogP contribution is 2.52. The fourth-order valence-electron chi connectivity index (χ4n) is 1.67. The standard InChI is InChI=1S/C11H20ClO4P/c1-8(2)7-17(15,16)10(11(13)14)9(3)5-4-6-12/h8H,4-7H2,1-3H3,(H,13,14)(H,15,16). The first-order valence-electron chi connectivity index (χ1n) is 5.53. The van der Waals surface area contributed by atoms with E-state index >= 15 is 0 Å². The molecule has 0 rings (SSSR count). The van der Waals surface area contributed by atoms with Crippen LogP contribution in [-0.4, -0.2) is 28.0 Å². The second-order valence-electron chi connectivity index (χ2n) is 4.50. The van der Waals surface area contributed by atoms with Gasteiger partial charge in [-0.3, -0.25) is 4.57 Å². The molecule has 0 amide bonds. The summed E-state index contributed by atoms with van der Waals surface area (Å²) in [7, 11) is -3.77. The molecule has 17 heavy (non-hydrogen) atoms. The Kier molecular flexibility index (Phi) is 7.07. The summed E-state index contributed by atoms with van der Waals surface area (Å²) in [6, 6.07) is 0. The third kappa shape index (κ3) is 5.71. The zero-order chi connectivity index (χ0) is 13.6. The fraction of sp³-hybridized carbons (Fsp3) is 0.727. The lowest BCUT2D eigenvalue weighted by Gasteiger charge is -2.17.